The maximum Gasteiger partial charge on any atom is 0.269 e. The standard InChI is InChI=1S/C26H15FN2O7/c27-18-8-4-3-7-17(18)21-19-20(26(36-21)22(30)15-5-1-2-6-16(15)23(26)31)25(33)28(24(19)32)13-9-11-14(12-10-13)29(34)35/h1-12,19-21H. The van der Waals surface area contributed by atoms with Gasteiger partial charge in [-0.3, -0.25) is 29.3 Å². The van der Waals surface area contributed by atoms with E-state index in [4.69, 9.17) is 4.74 Å². The number of ketones is 2. The van der Waals surface area contributed by atoms with E-state index >= 15 is 0 Å². The van der Waals surface area contributed by atoms with Gasteiger partial charge in [-0.2, -0.15) is 0 Å². The predicted molar refractivity (Wildman–Crippen MR) is 121 cm³/mol. The minimum absolute atomic E-state index is 0.0304. The largest absolute Gasteiger partial charge is 0.349 e. The Morgan fingerprint density at radius 2 is 1.42 bits per heavy atom. The Morgan fingerprint density at radius 1 is 0.833 bits per heavy atom. The number of benzene rings is 3. The van der Waals surface area contributed by atoms with Crippen molar-refractivity contribution < 1.29 is 33.2 Å². The van der Waals surface area contributed by atoms with E-state index in [2.05, 4.69) is 0 Å². The number of carbonyl (C=O) groups excluding carboxylic acids is 4. The fourth-order valence-corrected chi connectivity index (χ4v) is 5.48. The van der Waals surface area contributed by atoms with Crippen molar-refractivity contribution in [2.75, 3.05) is 4.90 Å². The molecular formula is C26H15FN2O7. The van der Waals surface area contributed by atoms with Crippen LogP contribution in [-0.4, -0.2) is 33.9 Å². The molecule has 3 atom stereocenters. The molecule has 3 unspecified atom stereocenters. The van der Waals surface area contributed by atoms with Gasteiger partial charge in [0, 0.05) is 28.8 Å². The van der Waals surface area contributed by atoms with Crippen molar-refractivity contribution in [1.29, 1.82) is 0 Å². The Kier molecular flexibility index (Phi) is 4.55. The number of Topliss-reactive ketones (excluding diaryl/α,β-unsaturated/α-hetero) is 2. The molecule has 0 aromatic heterocycles. The Morgan fingerprint density at radius 3 is 2.00 bits per heavy atom. The molecule has 3 aromatic rings. The van der Waals surface area contributed by atoms with Gasteiger partial charge in [-0.05, 0) is 18.2 Å². The first-order valence-electron chi connectivity index (χ1n) is 11.0. The summed E-state index contributed by atoms with van der Waals surface area (Å²) in [4.78, 5) is 66.0. The summed E-state index contributed by atoms with van der Waals surface area (Å²) < 4.78 is 20.9. The van der Waals surface area contributed by atoms with E-state index in [1.165, 1.54) is 42.5 Å². The van der Waals surface area contributed by atoms with Gasteiger partial charge in [0.15, 0.2) is 0 Å². The molecule has 0 bridgehead atoms. The lowest BCUT2D eigenvalue weighted by molar-refractivity contribution is -0.384. The van der Waals surface area contributed by atoms with Crippen molar-refractivity contribution in [3.05, 3.63) is 105 Å². The van der Waals surface area contributed by atoms with Gasteiger partial charge < -0.3 is 4.74 Å². The first-order chi connectivity index (χ1) is 17.3. The Balaban J connectivity index is 1.53. The van der Waals surface area contributed by atoms with E-state index in [0.29, 0.717) is 0 Å². The van der Waals surface area contributed by atoms with E-state index in [1.54, 1.807) is 12.1 Å². The second kappa shape index (κ2) is 7.46. The molecule has 2 amide bonds. The summed E-state index contributed by atoms with van der Waals surface area (Å²) in [6, 6.07) is 16.2. The van der Waals surface area contributed by atoms with Crippen molar-refractivity contribution in [3.8, 4) is 0 Å². The van der Waals surface area contributed by atoms with E-state index in [0.717, 1.165) is 23.1 Å². The van der Waals surface area contributed by atoms with Crippen molar-refractivity contribution in [2.24, 2.45) is 11.8 Å². The number of ether oxygens (including phenoxy) is 1. The maximum atomic E-state index is 14.9. The average molecular weight is 486 g/mol. The minimum atomic E-state index is -2.33. The molecule has 6 rings (SSSR count). The molecule has 2 saturated heterocycles. The van der Waals surface area contributed by atoms with Crippen molar-refractivity contribution in [3.63, 3.8) is 0 Å². The summed E-state index contributed by atoms with van der Waals surface area (Å²) >= 11 is 0. The van der Waals surface area contributed by atoms with E-state index in [1.807, 2.05) is 0 Å². The third-order valence-electron chi connectivity index (χ3n) is 7.05. The summed E-state index contributed by atoms with van der Waals surface area (Å²) in [7, 11) is 0. The zero-order valence-electron chi connectivity index (χ0n) is 18.3. The second-order valence-electron chi connectivity index (χ2n) is 8.79. The quantitative estimate of drug-likeness (QED) is 0.240. The van der Waals surface area contributed by atoms with Gasteiger partial charge in [0.1, 0.15) is 5.82 Å². The highest BCUT2D eigenvalue weighted by atomic mass is 19.1. The number of hydrogen-bond donors (Lipinski definition) is 0. The van der Waals surface area contributed by atoms with Crippen molar-refractivity contribution in [1.82, 2.24) is 0 Å². The molecule has 0 saturated carbocycles. The molecule has 0 radical (unpaired) electrons. The number of imide groups is 1. The van der Waals surface area contributed by atoms with Gasteiger partial charge in [-0.1, -0.05) is 42.5 Å². The number of fused-ring (bicyclic) bond motifs is 3. The highest BCUT2D eigenvalue weighted by Crippen LogP contribution is 2.58. The lowest BCUT2D eigenvalue weighted by Gasteiger charge is -2.27. The fourth-order valence-electron chi connectivity index (χ4n) is 5.48. The number of rotatable bonds is 3. The highest BCUT2D eigenvalue weighted by Gasteiger charge is 2.75. The van der Waals surface area contributed by atoms with Crippen molar-refractivity contribution >= 4 is 34.8 Å². The van der Waals surface area contributed by atoms with Crippen LogP contribution in [0.2, 0.25) is 0 Å². The number of anilines is 1. The molecule has 0 N–H and O–H groups in total. The Hall–Kier alpha value is -4.57. The van der Waals surface area contributed by atoms with Crippen LogP contribution in [0.3, 0.4) is 0 Å². The molecule has 2 aliphatic heterocycles. The normalized spacial score (nSPS) is 23.9. The summed E-state index contributed by atoms with van der Waals surface area (Å²) in [5, 5.41) is 11.0. The third kappa shape index (κ3) is 2.67. The van der Waals surface area contributed by atoms with Crippen LogP contribution in [0.4, 0.5) is 15.8 Å². The zero-order valence-corrected chi connectivity index (χ0v) is 18.3. The number of non-ortho nitro benzene ring substituents is 1. The molecule has 178 valence electrons. The molecule has 9 nitrogen and oxygen atoms in total. The maximum absolute atomic E-state index is 14.9. The van der Waals surface area contributed by atoms with Crippen LogP contribution in [0, 0.1) is 27.8 Å². The first-order valence-corrected chi connectivity index (χ1v) is 11.0. The molecular weight excluding hydrogens is 471 g/mol. The number of nitrogens with zero attached hydrogens (tertiary/aromatic N) is 2. The molecule has 3 aliphatic rings. The molecule has 2 fully saturated rings. The number of amides is 2. The van der Waals surface area contributed by atoms with Gasteiger partial charge in [-0.25, -0.2) is 9.29 Å². The summed E-state index contributed by atoms with van der Waals surface area (Å²) in [5.74, 6) is -6.81. The summed E-state index contributed by atoms with van der Waals surface area (Å²) in [6.07, 6.45) is -1.39. The second-order valence-corrected chi connectivity index (χ2v) is 8.79. The topological polar surface area (TPSA) is 124 Å². The zero-order chi connectivity index (χ0) is 25.4. The summed E-state index contributed by atoms with van der Waals surface area (Å²) in [6.45, 7) is 0. The van der Waals surface area contributed by atoms with Gasteiger partial charge >= 0.3 is 0 Å². The van der Waals surface area contributed by atoms with Crippen LogP contribution in [0.25, 0.3) is 0 Å². The Labute approximate surface area is 202 Å². The fraction of sp³-hybridized carbons (Fsp3) is 0.154. The number of carbonyl (C=O) groups is 4. The molecule has 36 heavy (non-hydrogen) atoms. The van der Waals surface area contributed by atoms with E-state index < -0.39 is 57.7 Å². The van der Waals surface area contributed by atoms with Gasteiger partial charge in [-0.15, -0.1) is 0 Å². The van der Waals surface area contributed by atoms with Crippen LogP contribution in [-0.2, 0) is 14.3 Å². The van der Waals surface area contributed by atoms with Crippen LogP contribution in [0.5, 0.6) is 0 Å². The summed E-state index contributed by atoms with van der Waals surface area (Å²) in [5.41, 5.74) is -2.49. The van der Waals surface area contributed by atoms with E-state index in [9.17, 15) is 33.7 Å². The first kappa shape index (κ1) is 21.9. The lowest BCUT2D eigenvalue weighted by Crippen LogP contribution is -2.51. The average Bonchev–Trinajstić information content (AvgIpc) is 3.44. The molecule has 2 heterocycles. The van der Waals surface area contributed by atoms with Gasteiger partial charge in [0.25, 0.3) is 5.69 Å². The monoisotopic (exact) mass is 486 g/mol. The van der Waals surface area contributed by atoms with Crippen molar-refractivity contribution in [2.45, 2.75) is 11.7 Å². The smallest absolute Gasteiger partial charge is 0.269 e. The number of nitro benzene ring substituents is 1. The molecule has 1 aliphatic carbocycles. The van der Waals surface area contributed by atoms with Crippen LogP contribution in [0.1, 0.15) is 32.4 Å². The minimum Gasteiger partial charge on any atom is -0.349 e. The van der Waals surface area contributed by atoms with Gasteiger partial charge in [0.05, 0.1) is 28.6 Å². The number of nitro groups is 1. The SMILES string of the molecule is O=C1C2C(c3ccccc3F)OC3(C(=O)c4ccccc4C3=O)C2C(=O)N1c1ccc([N+](=O)[O-])cc1. The predicted octanol–water partition coefficient (Wildman–Crippen LogP) is 3.43. The molecule has 3 aromatic carbocycles. The van der Waals surface area contributed by atoms with E-state index in [-0.39, 0.29) is 28.1 Å². The molecule has 10 heteroatoms. The lowest BCUT2D eigenvalue weighted by atomic mass is 9.77. The van der Waals surface area contributed by atoms with Crippen LogP contribution in [0.15, 0.2) is 72.8 Å². The highest BCUT2D eigenvalue weighted by molar-refractivity contribution is 6.37. The van der Waals surface area contributed by atoms with Crippen LogP contribution >= 0.6 is 0 Å². The Bertz CT molecular complexity index is 1480. The van der Waals surface area contributed by atoms with Gasteiger partial charge in [0.2, 0.25) is 29.0 Å². The van der Waals surface area contributed by atoms with Crippen LogP contribution < -0.4 is 4.90 Å². The number of hydrogen-bond acceptors (Lipinski definition) is 7. The number of halogens is 1. The molecule has 1 spiro atoms. The third-order valence-corrected chi connectivity index (χ3v) is 7.05.